The zero-order chi connectivity index (χ0) is 15.0. The molecule has 2 heterocycles. The van der Waals surface area contributed by atoms with Crippen LogP contribution in [0.3, 0.4) is 0 Å². The molecule has 0 radical (unpaired) electrons. The number of amides is 3. The Morgan fingerprint density at radius 1 is 1.29 bits per heavy atom. The van der Waals surface area contributed by atoms with Crippen LogP contribution in [0.15, 0.2) is 12.1 Å². The summed E-state index contributed by atoms with van der Waals surface area (Å²) in [4.78, 5) is 37.6. The minimum absolute atomic E-state index is 0.143. The van der Waals surface area contributed by atoms with Gasteiger partial charge in [-0.3, -0.25) is 9.69 Å². The van der Waals surface area contributed by atoms with Gasteiger partial charge >= 0.3 is 12.0 Å². The van der Waals surface area contributed by atoms with Gasteiger partial charge in [-0.25, -0.2) is 9.59 Å². The van der Waals surface area contributed by atoms with Gasteiger partial charge in [0, 0.05) is 4.88 Å². The maximum absolute atomic E-state index is 12.6. The van der Waals surface area contributed by atoms with Gasteiger partial charge in [0.05, 0.1) is 6.54 Å². The summed E-state index contributed by atoms with van der Waals surface area (Å²) in [5.74, 6) is -1.16. The number of nitrogens with zero attached hydrogens (tertiary/aromatic N) is 1. The lowest BCUT2D eigenvalue weighted by atomic mass is 9.82. The Morgan fingerprint density at radius 3 is 2.62 bits per heavy atom. The third-order valence-corrected chi connectivity index (χ3v) is 5.20. The van der Waals surface area contributed by atoms with E-state index in [0.29, 0.717) is 17.7 Å². The van der Waals surface area contributed by atoms with Crippen LogP contribution in [0.2, 0.25) is 0 Å². The van der Waals surface area contributed by atoms with Crippen LogP contribution >= 0.6 is 11.3 Å². The quantitative estimate of drug-likeness (QED) is 0.838. The molecule has 2 aliphatic rings. The van der Waals surface area contributed by atoms with Crippen molar-refractivity contribution in [3.63, 3.8) is 0 Å². The van der Waals surface area contributed by atoms with Gasteiger partial charge in [0.25, 0.3) is 5.91 Å². The number of hydrogen-bond acceptors (Lipinski definition) is 4. The van der Waals surface area contributed by atoms with Crippen molar-refractivity contribution in [2.75, 3.05) is 0 Å². The van der Waals surface area contributed by atoms with Crippen LogP contribution in [0.4, 0.5) is 4.79 Å². The molecule has 2 N–H and O–H groups in total. The Hall–Kier alpha value is -1.89. The van der Waals surface area contributed by atoms with Crippen molar-refractivity contribution in [3.8, 4) is 0 Å². The number of thiophene rings is 1. The van der Waals surface area contributed by atoms with E-state index in [-0.39, 0.29) is 23.4 Å². The molecular weight excluding hydrogens is 292 g/mol. The zero-order valence-corrected chi connectivity index (χ0v) is 12.2. The molecule has 0 bridgehead atoms. The van der Waals surface area contributed by atoms with Gasteiger partial charge in [-0.2, -0.15) is 0 Å². The fraction of sp³-hybridized carbons (Fsp3) is 0.500. The molecule has 112 valence electrons. The molecule has 1 aromatic rings. The number of carbonyl (C=O) groups is 3. The van der Waals surface area contributed by atoms with Crippen LogP contribution in [0, 0.1) is 0 Å². The molecule has 1 saturated heterocycles. The van der Waals surface area contributed by atoms with Gasteiger partial charge in [-0.15, -0.1) is 11.3 Å². The van der Waals surface area contributed by atoms with Crippen molar-refractivity contribution in [3.05, 3.63) is 21.9 Å². The van der Waals surface area contributed by atoms with E-state index in [9.17, 15) is 14.4 Å². The van der Waals surface area contributed by atoms with Crippen LogP contribution in [0.1, 0.15) is 46.7 Å². The highest BCUT2D eigenvalue weighted by atomic mass is 32.1. The lowest BCUT2D eigenvalue weighted by Crippen LogP contribution is -2.48. The number of rotatable bonds is 3. The molecule has 0 aromatic carbocycles. The first-order valence-electron chi connectivity index (χ1n) is 6.98. The molecule has 1 saturated carbocycles. The lowest BCUT2D eigenvalue weighted by Gasteiger charge is -2.30. The molecule has 1 aromatic heterocycles. The molecule has 3 rings (SSSR count). The van der Waals surface area contributed by atoms with Gasteiger partial charge in [0.1, 0.15) is 10.4 Å². The molecule has 1 aliphatic carbocycles. The molecular formula is C14H16N2O4S. The summed E-state index contributed by atoms with van der Waals surface area (Å²) in [6.45, 7) is 0.143. The topological polar surface area (TPSA) is 86.7 Å². The number of carboxylic acids is 1. The normalized spacial score (nSPS) is 20.9. The van der Waals surface area contributed by atoms with E-state index in [0.717, 1.165) is 30.6 Å². The largest absolute Gasteiger partial charge is 0.477 e. The van der Waals surface area contributed by atoms with Gasteiger partial charge in [-0.05, 0) is 25.0 Å². The third kappa shape index (κ3) is 2.42. The maximum Gasteiger partial charge on any atom is 0.345 e. The fourth-order valence-corrected chi connectivity index (χ4v) is 3.88. The summed E-state index contributed by atoms with van der Waals surface area (Å²) in [6, 6.07) is 2.78. The maximum atomic E-state index is 12.6. The molecule has 7 heteroatoms. The van der Waals surface area contributed by atoms with Crippen molar-refractivity contribution >= 4 is 29.2 Å². The van der Waals surface area contributed by atoms with Crippen molar-refractivity contribution in [2.24, 2.45) is 0 Å². The first-order valence-corrected chi connectivity index (χ1v) is 7.80. The van der Waals surface area contributed by atoms with Gasteiger partial charge in [0.2, 0.25) is 0 Å². The molecule has 3 amide bonds. The Bertz CT molecular complexity index is 604. The monoisotopic (exact) mass is 308 g/mol. The average Bonchev–Trinajstić information content (AvgIpc) is 3.00. The summed E-state index contributed by atoms with van der Waals surface area (Å²) < 4.78 is 0. The molecule has 6 nitrogen and oxygen atoms in total. The Labute approximate surface area is 125 Å². The van der Waals surface area contributed by atoms with E-state index in [4.69, 9.17) is 5.11 Å². The fourth-order valence-electron chi connectivity index (χ4n) is 3.05. The minimum atomic E-state index is -0.993. The molecule has 2 fully saturated rings. The Balaban J connectivity index is 1.77. The highest BCUT2D eigenvalue weighted by Gasteiger charge is 2.51. The van der Waals surface area contributed by atoms with Crippen LogP contribution < -0.4 is 5.32 Å². The number of urea groups is 1. The van der Waals surface area contributed by atoms with E-state index in [1.807, 2.05) is 0 Å². The zero-order valence-electron chi connectivity index (χ0n) is 11.4. The van der Waals surface area contributed by atoms with Crippen LogP contribution in [0.5, 0.6) is 0 Å². The number of aromatic carboxylic acids is 1. The number of carboxylic acid groups (broad SMARTS) is 1. The van der Waals surface area contributed by atoms with E-state index in [1.54, 1.807) is 6.07 Å². The molecule has 1 aliphatic heterocycles. The third-order valence-electron chi connectivity index (χ3n) is 4.14. The second kappa shape index (κ2) is 5.14. The summed E-state index contributed by atoms with van der Waals surface area (Å²) in [7, 11) is 0. The van der Waals surface area contributed by atoms with Gasteiger partial charge in [-0.1, -0.05) is 19.3 Å². The Kier molecular flexibility index (Phi) is 3.44. The predicted molar refractivity (Wildman–Crippen MR) is 76.2 cm³/mol. The highest BCUT2D eigenvalue weighted by molar-refractivity contribution is 7.13. The lowest BCUT2D eigenvalue weighted by molar-refractivity contribution is -0.132. The molecule has 0 atom stereocenters. The van der Waals surface area contributed by atoms with Crippen molar-refractivity contribution < 1.29 is 19.5 Å². The summed E-state index contributed by atoms with van der Waals surface area (Å²) in [5.41, 5.74) is -0.720. The van der Waals surface area contributed by atoms with Gasteiger partial charge in [0.15, 0.2) is 0 Å². The first kappa shape index (κ1) is 14.1. The Morgan fingerprint density at radius 2 is 2.00 bits per heavy atom. The average molecular weight is 308 g/mol. The smallest absolute Gasteiger partial charge is 0.345 e. The predicted octanol–water partition coefficient (Wildman–Crippen LogP) is 2.20. The van der Waals surface area contributed by atoms with E-state index < -0.39 is 11.5 Å². The van der Waals surface area contributed by atoms with Crippen LogP contribution in [-0.4, -0.2) is 33.5 Å². The summed E-state index contributed by atoms with van der Waals surface area (Å²) in [6.07, 6.45) is 4.37. The first-order chi connectivity index (χ1) is 10.0. The highest BCUT2D eigenvalue weighted by Crippen LogP contribution is 2.34. The summed E-state index contributed by atoms with van der Waals surface area (Å²) in [5, 5.41) is 11.8. The second-order valence-electron chi connectivity index (χ2n) is 5.54. The molecule has 1 spiro atoms. The van der Waals surface area contributed by atoms with Gasteiger partial charge < -0.3 is 10.4 Å². The van der Waals surface area contributed by atoms with E-state index in [2.05, 4.69) is 5.32 Å². The van der Waals surface area contributed by atoms with E-state index >= 15 is 0 Å². The number of carbonyl (C=O) groups excluding carboxylic acids is 2. The number of imide groups is 1. The van der Waals surface area contributed by atoms with Crippen molar-refractivity contribution in [1.82, 2.24) is 10.2 Å². The molecule has 21 heavy (non-hydrogen) atoms. The number of nitrogens with one attached hydrogen (secondary N) is 1. The molecule has 0 unspecified atom stereocenters. The SMILES string of the molecule is O=C(O)c1ccc(CN2C(=O)NC3(CCCCC3)C2=O)s1. The number of hydrogen-bond donors (Lipinski definition) is 2. The standard InChI is InChI=1S/C14H16N2O4S/c17-11(18)10-5-4-9(21-10)8-16-12(19)14(15-13(16)20)6-2-1-3-7-14/h4-5H,1-3,6-8H2,(H,15,20)(H,17,18). The van der Waals surface area contributed by atoms with Crippen molar-refractivity contribution in [1.29, 1.82) is 0 Å². The van der Waals surface area contributed by atoms with E-state index in [1.165, 1.54) is 11.0 Å². The van der Waals surface area contributed by atoms with Crippen molar-refractivity contribution in [2.45, 2.75) is 44.2 Å². The van der Waals surface area contributed by atoms with Crippen LogP contribution in [-0.2, 0) is 11.3 Å². The minimum Gasteiger partial charge on any atom is -0.477 e. The summed E-state index contributed by atoms with van der Waals surface area (Å²) >= 11 is 1.09. The van der Waals surface area contributed by atoms with Crippen LogP contribution in [0.25, 0.3) is 0 Å². The second-order valence-corrected chi connectivity index (χ2v) is 6.70.